The number of hydrogen-bond donors (Lipinski definition) is 1. The van der Waals surface area contributed by atoms with E-state index in [4.69, 9.17) is 0 Å². The molecule has 6 heteroatoms. The van der Waals surface area contributed by atoms with Crippen molar-refractivity contribution in [2.45, 2.75) is 32.4 Å². The molecule has 1 N–H and O–H groups in total. The van der Waals surface area contributed by atoms with Crippen LogP contribution in [0.4, 0.5) is 5.69 Å². The molecule has 0 bridgehead atoms. The molecular weight excluding hydrogens is 330 g/mol. The van der Waals surface area contributed by atoms with Gasteiger partial charge in [0.25, 0.3) is 0 Å². The molecule has 1 aromatic carbocycles. The standard InChI is InChI=1S/C13H18BrNO3S/c1-8-6-10(14)7-9(2)11(8)15-12(16)13(3,4)19(5,17)18/h6-7H,1-5H3,(H,15,16). The highest BCUT2D eigenvalue weighted by molar-refractivity contribution is 9.10. The summed E-state index contributed by atoms with van der Waals surface area (Å²) in [6, 6.07) is 3.74. The molecule has 4 nitrogen and oxygen atoms in total. The molecule has 1 rings (SSSR count). The summed E-state index contributed by atoms with van der Waals surface area (Å²) >= 11 is 3.38. The number of rotatable bonds is 3. The van der Waals surface area contributed by atoms with Crippen LogP contribution in [0.5, 0.6) is 0 Å². The molecule has 0 saturated heterocycles. The quantitative estimate of drug-likeness (QED) is 0.914. The Morgan fingerprint density at radius 1 is 1.21 bits per heavy atom. The Hall–Kier alpha value is -0.880. The fourth-order valence-electron chi connectivity index (χ4n) is 1.54. The van der Waals surface area contributed by atoms with Crippen LogP contribution >= 0.6 is 15.9 Å². The number of benzene rings is 1. The number of carbonyl (C=O) groups is 1. The predicted octanol–water partition coefficient (Wildman–Crippen LogP) is 2.83. The normalized spacial score (nSPS) is 12.3. The third-order valence-corrected chi connectivity index (χ3v) is 5.71. The minimum atomic E-state index is -3.48. The lowest BCUT2D eigenvalue weighted by Crippen LogP contribution is -2.44. The van der Waals surface area contributed by atoms with E-state index in [1.54, 1.807) is 0 Å². The minimum absolute atomic E-state index is 0.525. The average Bonchev–Trinajstić information content (AvgIpc) is 2.21. The van der Waals surface area contributed by atoms with Gasteiger partial charge in [0.1, 0.15) is 4.75 Å². The lowest BCUT2D eigenvalue weighted by Gasteiger charge is -2.23. The lowest BCUT2D eigenvalue weighted by atomic mass is 10.1. The first-order valence-electron chi connectivity index (χ1n) is 5.74. The number of halogens is 1. The van der Waals surface area contributed by atoms with Crippen molar-refractivity contribution in [3.63, 3.8) is 0 Å². The number of nitrogens with one attached hydrogen (secondary N) is 1. The number of aryl methyl sites for hydroxylation is 2. The van der Waals surface area contributed by atoms with E-state index in [2.05, 4.69) is 21.2 Å². The van der Waals surface area contributed by atoms with Crippen LogP contribution in [0.1, 0.15) is 25.0 Å². The molecule has 19 heavy (non-hydrogen) atoms. The first-order valence-corrected chi connectivity index (χ1v) is 8.43. The van der Waals surface area contributed by atoms with Crippen LogP contribution in [0.25, 0.3) is 0 Å². The van der Waals surface area contributed by atoms with E-state index >= 15 is 0 Å². The second-order valence-electron chi connectivity index (χ2n) is 5.15. The van der Waals surface area contributed by atoms with Crippen molar-refractivity contribution in [2.24, 2.45) is 0 Å². The third kappa shape index (κ3) is 3.36. The molecule has 0 radical (unpaired) electrons. The van der Waals surface area contributed by atoms with Crippen LogP contribution in [0.15, 0.2) is 16.6 Å². The maximum absolute atomic E-state index is 12.2. The molecule has 106 valence electrons. The zero-order valence-corrected chi connectivity index (χ0v) is 14.1. The SMILES string of the molecule is Cc1cc(Br)cc(C)c1NC(=O)C(C)(C)S(C)(=O)=O. The van der Waals surface area contributed by atoms with Crippen molar-refractivity contribution in [1.29, 1.82) is 0 Å². The third-order valence-electron chi connectivity index (χ3n) is 3.21. The maximum Gasteiger partial charge on any atom is 0.245 e. The smallest absolute Gasteiger partial charge is 0.245 e. The lowest BCUT2D eigenvalue weighted by molar-refractivity contribution is -0.117. The van der Waals surface area contributed by atoms with Gasteiger partial charge in [-0.25, -0.2) is 8.42 Å². The largest absolute Gasteiger partial charge is 0.324 e. The van der Waals surface area contributed by atoms with Crippen molar-refractivity contribution < 1.29 is 13.2 Å². The summed E-state index contributed by atoms with van der Waals surface area (Å²) in [5.74, 6) is -0.525. The summed E-state index contributed by atoms with van der Waals surface area (Å²) in [5, 5.41) is 2.71. The summed E-state index contributed by atoms with van der Waals surface area (Å²) in [6.07, 6.45) is 1.06. The van der Waals surface area contributed by atoms with Crippen LogP contribution in [0.3, 0.4) is 0 Å². The molecule has 0 spiro atoms. The van der Waals surface area contributed by atoms with Crippen molar-refractivity contribution in [2.75, 3.05) is 11.6 Å². The Labute approximate surface area is 122 Å². The number of hydrogen-bond acceptors (Lipinski definition) is 3. The van der Waals surface area contributed by atoms with Gasteiger partial charge in [-0.05, 0) is 51.0 Å². The number of carbonyl (C=O) groups excluding carboxylic acids is 1. The molecule has 0 aliphatic carbocycles. The summed E-state index contributed by atoms with van der Waals surface area (Å²) in [7, 11) is -3.48. The minimum Gasteiger partial charge on any atom is -0.324 e. The topological polar surface area (TPSA) is 63.2 Å². The van der Waals surface area contributed by atoms with Crippen molar-refractivity contribution in [3.8, 4) is 0 Å². The Kier molecular flexibility index (Phi) is 4.47. The molecule has 0 atom stereocenters. The molecule has 1 amide bonds. The molecule has 1 aromatic rings. The summed E-state index contributed by atoms with van der Waals surface area (Å²) in [6.45, 7) is 6.53. The Bertz CT molecular complexity index is 598. The van der Waals surface area contributed by atoms with Crippen molar-refractivity contribution in [1.82, 2.24) is 0 Å². The van der Waals surface area contributed by atoms with Gasteiger partial charge in [-0.15, -0.1) is 0 Å². The average molecular weight is 348 g/mol. The fraction of sp³-hybridized carbons (Fsp3) is 0.462. The van der Waals surface area contributed by atoms with Gasteiger partial charge < -0.3 is 5.32 Å². The van der Waals surface area contributed by atoms with Gasteiger partial charge in [0, 0.05) is 16.4 Å². The Morgan fingerprint density at radius 2 is 1.63 bits per heavy atom. The molecular formula is C13H18BrNO3S. The van der Waals surface area contributed by atoms with Crippen LogP contribution < -0.4 is 5.32 Å². The number of sulfone groups is 1. The zero-order valence-electron chi connectivity index (χ0n) is 11.7. The van der Waals surface area contributed by atoms with Gasteiger partial charge in [0.2, 0.25) is 5.91 Å². The highest BCUT2D eigenvalue weighted by Gasteiger charge is 2.38. The van der Waals surface area contributed by atoms with Gasteiger partial charge in [-0.2, -0.15) is 0 Å². The van der Waals surface area contributed by atoms with E-state index in [0.29, 0.717) is 5.69 Å². The molecule has 0 aliphatic rings. The van der Waals surface area contributed by atoms with Gasteiger partial charge in [-0.3, -0.25) is 4.79 Å². The van der Waals surface area contributed by atoms with Crippen LogP contribution in [0, 0.1) is 13.8 Å². The van der Waals surface area contributed by atoms with E-state index < -0.39 is 20.5 Å². The van der Waals surface area contributed by atoms with E-state index in [-0.39, 0.29) is 0 Å². The molecule has 0 unspecified atom stereocenters. The van der Waals surface area contributed by atoms with Gasteiger partial charge in [-0.1, -0.05) is 15.9 Å². The molecule has 0 aliphatic heterocycles. The second kappa shape index (κ2) is 5.25. The molecule has 0 fully saturated rings. The summed E-state index contributed by atoms with van der Waals surface area (Å²) < 4.78 is 22.7. The van der Waals surface area contributed by atoms with E-state index in [1.165, 1.54) is 13.8 Å². The van der Waals surface area contributed by atoms with Crippen LogP contribution in [-0.4, -0.2) is 25.3 Å². The first-order chi connectivity index (χ1) is 8.46. The van der Waals surface area contributed by atoms with E-state index in [0.717, 1.165) is 21.9 Å². The van der Waals surface area contributed by atoms with E-state index in [1.807, 2.05) is 26.0 Å². The van der Waals surface area contributed by atoms with Gasteiger partial charge in [0.15, 0.2) is 9.84 Å². The van der Waals surface area contributed by atoms with Gasteiger partial charge >= 0.3 is 0 Å². The zero-order chi connectivity index (χ0) is 15.0. The fourth-order valence-corrected chi connectivity index (χ4v) is 2.61. The summed E-state index contributed by atoms with van der Waals surface area (Å²) in [4.78, 5) is 12.2. The summed E-state index contributed by atoms with van der Waals surface area (Å²) in [5.41, 5.74) is 2.42. The van der Waals surface area contributed by atoms with E-state index in [9.17, 15) is 13.2 Å². The van der Waals surface area contributed by atoms with Crippen LogP contribution in [0.2, 0.25) is 0 Å². The van der Waals surface area contributed by atoms with Crippen LogP contribution in [-0.2, 0) is 14.6 Å². The van der Waals surface area contributed by atoms with Crippen molar-refractivity contribution in [3.05, 3.63) is 27.7 Å². The number of anilines is 1. The van der Waals surface area contributed by atoms with Crippen molar-refractivity contribution >= 4 is 37.4 Å². The maximum atomic E-state index is 12.2. The van der Waals surface area contributed by atoms with Gasteiger partial charge in [0.05, 0.1) is 0 Å². The molecule has 0 aromatic heterocycles. The highest BCUT2D eigenvalue weighted by atomic mass is 79.9. The highest BCUT2D eigenvalue weighted by Crippen LogP contribution is 2.27. The first kappa shape index (κ1) is 16.2. The monoisotopic (exact) mass is 347 g/mol. The molecule has 0 saturated carbocycles. The Morgan fingerprint density at radius 3 is 2.00 bits per heavy atom. The Balaban J connectivity index is 3.15. The molecule has 0 heterocycles. The predicted molar refractivity (Wildman–Crippen MR) is 81.2 cm³/mol. The number of amides is 1. The second-order valence-corrected chi connectivity index (χ2v) is 8.63.